The summed E-state index contributed by atoms with van der Waals surface area (Å²) in [5.74, 6) is 0.860. The van der Waals surface area contributed by atoms with E-state index >= 15 is 0 Å². The number of aryl methyl sites for hydroxylation is 1. The zero-order valence-corrected chi connectivity index (χ0v) is 12.7. The SMILES string of the molecule is C=CCn1c(SCC(=O)NC(N)=O)nnc1-c1ccoc1C. The third-order valence-electron chi connectivity index (χ3n) is 2.72. The number of nitrogens with zero attached hydrogens (tertiary/aromatic N) is 3. The van der Waals surface area contributed by atoms with Crippen molar-refractivity contribution in [1.82, 2.24) is 20.1 Å². The number of urea groups is 1. The standard InChI is InChI=1S/C13H15N5O3S/c1-3-5-18-11(9-4-6-21-8(9)2)16-17-13(18)22-7-10(19)15-12(14)20/h3-4,6H,1,5,7H2,2H3,(H3,14,15,19,20). The number of nitrogens with one attached hydrogen (secondary N) is 1. The van der Waals surface area contributed by atoms with Crippen LogP contribution in [0.1, 0.15) is 5.76 Å². The third kappa shape index (κ3) is 3.55. The Balaban J connectivity index is 2.20. The predicted octanol–water partition coefficient (Wildman–Crippen LogP) is 1.32. The molecule has 0 aliphatic rings. The van der Waals surface area contributed by atoms with Crippen molar-refractivity contribution in [1.29, 1.82) is 0 Å². The molecule has 0 aliphatic carbocycles. The van der Waals surface area contributed by atoms with Gasteiger partial charge in [0.2, 0.25) is 5.91 Å². The lowest BCUT2D eigenvalue weighted by atomic mass is 10.2. The second kappa shape index (κ2) is 6.94. The highest BCUT2D eigenvalue weighted by molar-refractivity contribution is 7.99. The van der Waals surface area contributed by atoms with Crippen LogP contribution in [0.5, 0.6) is 0 Å². The molecule has 9 heteroatoms. The maximum atomic E-state index is 11.5. The summed E-state index contributed by atoms with van der Waals surface area (Å²) < 4.78 is 7.09. The highest BCUT2D eigenvalue weighted by Crippen LogP contribution is 2.26. The van der Waals surface area contributed by atoms with Gasteiger partial charge in [0, 0.05) is 6.54 Å². The molecule has 0 radical (unpaired) electrons. The number of allylic oxidation sites excluding steroid dienone is 1. The normalized spacial score (nSPS) is 10.4. The van der Waals surface area contributed by atoms with Crippen LogP contribution in [0.2, 0.25) is 0 Å². The van der Waals surface area contributed by atoms with E-state index < -0.39 is 11.9 Å². The number of primary amides is 1. The van der Waals surface area contributed by atoms with Crippen molar-refractivity contribution in [2.75, 3.05) is 5.75 Å². The fourth-order valence-corrected chi connectivity index (χ4v) is 2.56. The molecule has 0 unspecified atom stereocenters. The molecule has 2 rings (SSSR count). The summed E-state index contributed by atoms with van der Waals surface area (Å²) in [4.78, 5) is 22.1. The quantitative estimate of drug-likeness (QED) is 0.612. The highest BCUT2D eigenvalue weighted by atomic mass is 32.2. The van der Waals surface area contributed by atoms with Gasteiger partial charge < -0.3 is 10.2 Å². The van der Waals surface area contributed by atoms with Crippen molar-refractivity contribution < 1.29 is 14.0 Å². The Morgan fingerprint density at radius 1 is 1.55 bits per heavy atom. The maximum absolute atomic E-state index is 11.5. The van der Waals surface area contributed by atoms with Gasteiger partial charge in [-0.3, -0.25) is 14.7 Å². The zero-order chi connectivity index (χ0) is 16.1. The van der Waals surface area contributed by atoms with Gasteiger partial charge >= 0.3 is 6.03 Å². The van der Waals surface area contributed by atoms with Crippen LogP contribution in [0.3, 0.4) is 0 Å². The van der Waals surface area contributed by atoms with E-state index in [1.807, 2.05) is 16.8 Å². The molecule has 0 fully saturated rings. The van der Waals surface area contributed by atoms with Crippen LogP contribution in [0.4, 0.5) is 4.79 Å². The maximum Gasteiger partial charge on any atom is 0.318 e. The number of amides is 3. The van der Waals surface area contributed by atoms with E-state index in [0.29, 0.717) is 17.5 Å². The smallest absolute Gasteiger partial charge is 0.318 e. The lowest BCUT2D eigenvalue weighted by Gasteiger charge is -2.06. The van der Waals surface area contributed by atoms with Crippen LogP contribution in [0.15, 0.2) is 34.6 Å². The minimum absolute atomic E-state index is 0.00256. The molecule has 0 aromatic carbocycles. The molecular formula is C13H15N5O3S. The molecular weight excluding hydrogens is 306 g/mol. The molecule has 8 nitrogen and oxygen atoms in total. The van der Waals surface area contributed by atoms with Gasteiger partial charge in [0.1, 0.15) is 5.76 Å². The zero-order valence-electron chi connectivity index (χ0n) is 11.9. The summed E-state index contributed by atoms with van der Waals surface area (Å²) in [6.07, 6.45) is 3.28. The molecule has 22 heavy (non-hydrogen) atoms. The van der Waals surface area contributed by atoms with Gasteiger partial charge in [-0.15, -0.1) is 16.8 Å². The van der Waals surface area contributed by atoms with Crippen molar-refractivity contribution in [3.63, 3.8) is 0 Å². The minimum Gasteiger partial charge on any atom is -0.469 e. The van der Waals surface area contributed by atoms with Gasteiger partial charge in [-0.05, 0) is 13.0 Å². The largest absolute Gasteiger partial charge is 0.469 e. The number of furan rings is 1. The van der Waals surface area contributed by atoms with E-state index in [-0.39, 0.29) is 5.75 Å². The van der Waals surface area contributed by atoms with E-state index in [1.165, 1.54) is 0 Å². The molecule has 0 aliphatic heterocycles. The fourth-order valence-electron chi connectivity index (χ4n) is 1.81. The van der Waals surface area contributed by atoms with E-state index in [2.05, 4.69) is 16.8 Å². The molecule has 0 saturated heterocycles. The molecule has 3 N–H and O–H groups in total. The van der Waals surface area contributed by atoms with Crippen molar-refractivity contribution in [3.8, 4) is 11.4 Å². The number of rotatable bonds is 6. The number of nitrogens with two attached hydrogens (primary N) is 1. The molecule has 0 atom stereocenters. The molecule has 116 valence electrons. The van der Waals surface area contributed by atoms with Gasteiger partial charge in [0.05, 0.1) is 17.6 Å². The molecule has 2 aromatic heterocycles. The van der Waals surface area contributed by atoms with E-state index in [4.69, 9.17) is 10.2 Å². The summed E-state index contributed by atoms with van der Waals surface area (Å²) in [5, 5.41) is 10.7. The molecule has 3 amide bonds. The molecule has 2 aromatic rings. The number of imide groups is 1. The lowest BCUT2D eigenvalue weighted by Crippen LogP contribution is -2.36. The van der Waals surface area contributed by atoms with Gasteiger partial charge in [-0.25, -0.2) is 4.79 Å². The van der Waals surface area contributed by atoms with Crippen molar-refractivity contribution in [3.05, 3.63) is 30.7 Å². The van der Waals surface area contributed by atoms with Gasteiger partial charge in [0.15, 0.2) is 11.0 Å². The first-order valence-corrected chi connectivity index (χ1v) is 7.32. The first-order valence-electron chi connectivity index (χ1n) is 6.33. The Kier molecular flexibility index (Phi) is 4.99. The number of carbonyl (C=O) groups excluding carboxylic acids is 2. The predicted molar refractivity (Wildman–Crippen MR) is 81.1 cm³/mol. The number of hydrogen-bond acceptors (Lipinski definition) is 6. The van der Waals surface area contributed by atoms with Crippen LogP contribution in [0.25, 0.3) is 11.4 Å². The monoisotopic (exact) mass is 321 g/mol. The Morgan fingerprint density at radius 2 is 2.32 bits per heavy atom. The van der Waals surface area contributed by atoms with Crippen molar-refractivity contribution in [2.45, 2.75) is 18.6 Å². The summed E-state index contributed by atoms with van der Waals surface area (Å²) in [6, 6.07) is 0.917. The van der Waals surface area contributed by atoms with Crippen molar-refractivity contribution in [2.24, 2.45) is 5.73 Å². The van der Waals surface area contributed by atoms with Gasteiger partial charge in [-0.2, -0.15) is 0 Å². The van der Waals surface area contributed by atoms with Crippen LogP contribution in [0, 0.1) is 6.92 Å². The average Bonchev–Trinajstić information content (AvgIpc) is 3.02. The average molecular weight is 321 g/mol. The summed E-state index contributed by atoms with van der Waals surface area (Å²) in [7, 11) is 0. The lowest BCUT2D eigenvalue weighted by molar-refractivity contribution is -0.117. The molecule has 0 spiro atoms. The topological polar surface area (TPSA) is 116 Å². The van der Waals surface area contributed by atoms with Crippen LogP contribution in [-0.4, -0.2) is 32.5 Å². The fraction of sp³-hybridized carbons (Fsp3) is 0.231. The van der Waals surface area contributed by atoms with Gasteiger partial charge in [0.25, 0.3) is 0 Å². The summed E-state index contributed by atoms with van der Waals surface area (Å²) in [5.41, 5.74) is 5.71. The summed E-state index contributed by atoms with van der Waals surface area (Å²) >= 11 is 1.15. The molecule has 2 heterocycles. The van der Waals surface area contributed by atoms with Gasteiger partial charge in [-0.1, -0.05) is 17.8 Å². The third-order valence-corrected chi connectivity index (χ3v) is 3.69. The number of thioether (sulfide) groups is 1. The molecule has 0 bridgehead atoms. The highest BCUT2D eigenvalue weighted by Gasteiger charge is 2.17. The van der Waals surface area contributed by atoms with Crippen LogP contribution >= 0.6 is 11.8 Å². The van der Waals surface area contributed by atoms with E-state index in [1.54, 1.807) is 18.4 Å². The van der Waals surface area contributed by atoms with Crippen molar-refractivity contribution >= 4 is 23.7 Å². The Morgan fingerprint density at radius 3 is 2.91 bits per heavy atom. The number of carbonyl (C=O) groups is 2. The Labute approximate surface area is 130 Å². The molecule has 0 saturated carbocycles. The van der Waals surface area contributed by atoms with Crippen LogP contribution < -0.4 is 11.1 Å². The first-order chi connectivity index (χ1) is 10.5. The van der Waals surface area contributed by atoms with E-state index in [9.17, 15) is 9.59 Å². The summed E-state index contributed by atoms with van der Waals surface area (Å²) in [6.45, 7) is 6.01. The minimum atomic E-state index is -0.882. The first kappa shape index (κ1) is 15.8. The number of aromatic nitrogens is 3. The number of hydrogen-bond donors (Lipinski definition) is 2. The second-order valence-electron chi connectivity index (χ2n) is 4.30. The second-order valence-corrected chi connectivity index (χ2v) is 5.24. The van der Waals surface area contributed by atoms with E-state index in [0.717, 1.165) is 23.1 Å². The Bertz CT molecular complexity index is 706. The van der Waals surface area contributed by atoms with Crippen LogP contribution in [-0.2, 0) is 11.3 Å². The Hall–Kier alpha value is -2.55.